The van der Waals surface area contributed by atoms with Crippen LogP contribution < -0.4 is 5.73 Å². The second-order valence-corrected chi connectivity index (χ2v) is 5.38. The molecule has 0 saturated carbocycles. The molecule has 1 fully saturated rings. The van der Waals surface area contributed by atoms with E-state index in [1.54, 1.807) is 6.20 Å². The Bertz CT molecular complexity index is 865. The molecule has 6 N–H and O–H groups in total. The van der Waals surface area contributed by atoms with E-state index in [-0.39, 0.29) is 11.8 Å². The van der Waals surface area contributed by atoms with Gasteiger partial charge in [0.2, 0.25) is 0 Å². The van der Waals surface area contributed by atoms with E-state index in [1.165, 1.54) is 10.9 Å². The number of nitrogens with zero attached hydrogens (tertiary/aromatic N) is 6. The number of ether oxygens (including phenoxy) is 1. The number of hydrogen-bond acceptors (Lipinski definition) is 10. The van der Waals surface area contributed by atoms with Crippen LogP contribution in [0.4, 0.5) is 5.82 Å². The number of nitrogen functional groups attached to an aromatic ring is 1. The molecule has 3 aromatic heterocycles. The highest BCUT2D eigenvalue weighted by atomic mass is 16.6. The van der Waals surface area contributed by atoms with E-state index in [4.69, 9.17) is 10.5 Å². The van der Waals surface area contributed by atoms with E-state index in [0.717, 1.165) is 0 Å². The molecule has 12 nitrogen and oxygen atoms in total. The number of aliphatic hydroxyl groups is 3. The maximum atomic E-state index is 10.3. The summed E-state index contributed by atoms with van der Waals surface area (Å²) in [4.78, 5) is 8.14. The van der Waals surface area contributed by atoms with Crippen molar-refractivity contribution in [1.82, 2.24) is 35.2 Å². The van der Waals surface area contributed by atoms with Gasteiger partial charge in [0.25, 0.3) is 5.95 Å². The van der Waals surface area contributed by atoms with Crippen molar-refractivity contribution in [2.75, 3.05) is 12.3 Å². The van der Waals surface area contributed by atoms with E-state index < -0.39 is 31.0 Å². The van der Waals surface area contributed by atoms with Gasteiger partial charge in [-0.15, -0.1) is 5.10 Å². The minimum atomic E-state index is -1.23. The molecule has 3 aromatic rings. The number of tetrazole rings is 1. The number of anilines is 1. The summed E-state index contributed by atoms with van der Waals surface area (Å²) < 4.78 is 7.08. The van der Waals surface area contributed by atoms with E-state index in [9.17, 15) is 15.3 Å². The Morgan fingerprint density at radius 2 is 2.12 bits per heavy atom. The molecule has 4 rings (SSSR count). The molecule has 24 heavy (non-hydrogen) atoms. The summed E-state index contributed by atoms with van der Waals surface area (Å²) >= 11 is 0. The number of nitrogens with two attached hydrogens (primary N) is 1. The van der Waals surface area contributed by atoms with Gasteiger partial charge in [0, 0.05) is 11.8 Å². The Morgan fingerprint density at radius 1 is 1.29 bits per heavy atom. The van der Waals surface area contributed by atoms with Crippen molar-refractivity contribution in [3.63, 3.8) is 0 Å². The molecule has 1 aliphatic rings. The first-order valence-corrected chi connectivity index (χ1v) is 7.09. The maximum Gasteiger partial charge on any atom is 0.274 e. The smallest absolute Gasteiger partial charge is 0.274 e. The first-order valence-electron chi connectivity index (χ1n) is 7.09. The van der Waals surface area contributed by atoms with Gasteiger partial charge in [0.15, 0.2) is 5.82 Å². The highest BCUT2D eigenvalue weighted by molar-refractivity contribution is 5.89. The molecule has 0 bridgehead atoms. The number of aromatic amines is 1. The van der Waals surface area contributed by atoms with Gasteiger partial charge in [-0.2, -0.15) is 5.21 Å². The van der Waals surface area contributed by atoms with Gasteiger partial charge in [-0.1, -0.05) is 5.10 Å². The Labute approximate surface area is 133 Å². The van der Waals surface area contributed by atoms with E-state index in [0.29, 0.717) is 16.6 Å². The van der Waals surface area contributed by atoms with E-state index in [2.05, 4.69) is 30.6 Å². The van der Waals surface area contributed by atoms with E-state index in [1.807, 2.05) is 0 Å². The zero-order valence-corrected chi connectivity index (χ0v) is 12.2. The molecule has 0 radical (unpaired) electrons. The molecule has 1 aliphatic heterocycles. The summed E-state index contributed by atoms with van der Waals surface area (Å²) in [5.74, 6) is 0.391. The van der Waals surface area contributed by atoms with Gasteiger partial charge in [-0.05, 0) is 5.21 Å². The summed E-state index contributed by atoms with van der Waals surface area (Å²) in [6.45, 7) is -0.421. The topological polar surface area (TPSA) is 181 Å². The standard InChI is InChI=1S/C12H14N8O4/c13-11-7-6(14-3-15-11)4(1-20(7)12-16-18-19-17-12)10-9(23)8(22)5(2-21)24-10/h1,3,5,8-10,21-23H,2H2,(H2,13,14,15)(H,16,17,18,19)/t5-,8-,9-,10?/m1/s1. The fourth-order valence-electron chi connectivity index (χ4n) is 2.89. The average molecular weight is 334 g/mol. The molecule has 0 aromatic carbocycles. The zero-order valence-electron chi connectivity index (χ0n) is 12.2. The van der Waals surface area contributed by atoms with Crippen LogP contribution in [0.1, 0.15) is 11.7 Å². The minimum absolute atomic E-state index is 0.183. The molecular formula is C12H14N8O4. The summed E-state index contributed by atoms with van der Waals surface area (Å²) in [5.41, 5.74) is 7.25. The first-order chi connectivity index (χ1) is 11.6. The average Bonchev–Trinajstić information content (AvgIpc) is 3.28. The lowest BCUT2D eigenvalue weighted by molar-refractivity contribution is -0.0224. The largest absolute Gasteiger partial charge is 0.394 e. The van der Waals surface area contributed by atoms with Crippen molar-refractivity contribution >= 4 is 16.9 Å². The summed E-state index contributed by atoms with van der Waals surface area (Å²) in [6.07, 6.45) is -1.38. The molecule has 126 valence electrons. The summed E-state index contributed by atoms with van der Waals surface area (Å²) in [7, 11) is 0. The first kappa shape index (κ1) is 14.9. The van der Waals surface area contributed by atoms with Gasteiger partial charge >= 0.3 is 0 Å². The maximum absolute atomic E-state index is 10.3. The van der Waals surface area contributed by atoms with Crippen LogP contribution >= 0.6 is 0 Å². The lowest BCUT2D eigenvalue weighted by Crippen LogP contribution is -2.32. The number of aromatic nitrogens is 7. The number of hydrogen-bond donors (Lipinski definition) is 5. The molecular weight excluding hydrogens is 320 g/mol. The highest BCUT2D eigenvalue weighted by Crippen LogP contribution is 2.38. The normalized spacial score (nSPS) is 27.1. The van der Waals surface area contributed by atoms with Gasteiger partial charge in [-0.25, -0.2) is 9.97 Å². The van der Waals surface area contributed by atoms with Crippen LogP contribution in [0, 0.1) is 0 Å². The third kappa shape index (κ3) is 2.05. The fourth-order valence-corrected chi connectivity index (χ4v) is 2.89. The number of fused-ring (bicyclic) bond motifs is 1. The molecule has 0 spiro atoms. The van der Waals surface area contributed by atoms with Crippen LogP contribution in [0.25, 0.3) is 17.0 Å². The van der Waals surface area contributed by atoms with Crippen LogP contribution in [0.15, 0.2) is 12.5 Å². The molecule has 4 atom stereocenters. The number of H-pyrrole nitrogens is 1. The minimum Gasteiger partial charge on any atom is -0.394 e. The van der Waals surface area contributed by atoms with Crippen molar-refractivity contribution in [2.45, 2.75) is 24.4 Å². The predicted molar refractivity (Wildman–Crippen MR) is 77.7 cm³/mol. The quantitative estimate of drug-likeness (QED) is 0.348. The molecule has 12 heteroatoms. The Morgan fingerprint density at radius 3 is 2.79 bits per heavy atom. The highest BCUT2D eigenvalue weighted by Gasteiger charge is 2.44. The van der Waals surface area contributed by atoms with Crippen molar-refractivity contribution in [2.24, 2.45) is 0 Å². The number of aliphatic hydroxyl groups excluding tert-OH is 3. The van der Waals surface area contributed by atoms with Crippen LogP contribution in [-0.2, 0) is 4.74 Å². The second kappa shape index (κ2) is 5.45. The van der Waals surface area contributed by atoms with Crippen LogP contribution in [-0.4, -0.2) is 75.4 Å². The Kier molecular flexibility index (Phi) is 3.38. The van der Waals surface area contributed by atoms with Gasteiger partial charge in [0.1, 0.15) is 41.8 Å². The van der Waals surface area contributed by atoms with Gasteiger partial charge < -0.3 is 25.8 Å². The van der Waals surface area contributed by atoms with Crippen molar-refractivity contribution < 1.29 is 20.1 Å². The number of nitrogens with one attached hydrogen (secondary N) is 1. The third-order valence-corrected chi connectivity index (χ3v) is 4.03. The lowest BCUT2D eigenvalue weighted by Gasteiger charge is -2.13. The van der Waals surface area contributed by atoms with Crippen molar-refractivity contribution in [3.8, 4) is 5.95 Å². The lowest BCUT2D eigenvalue weighted by atomic mass is 10.0. The zero-order chi connectivity index (χ0) is 16.8. The molecule has 0 amide bonds. The van der Waals surface area contributed by atoms with Crippen LogP contribution in [0.5, 0.6) is 0 Å². The Balaban J connectivity index is 1.90. The molecule has 4 heterocycles. The van der Waals surface area contributed by atoms with Crippen molar-refractivity contribution in [1.29, 1.82) is 0 Å². The van der Waals surface area contributed by atoms with Crippen LogP contribution in [0.3, 0.4) is 0 Å². The number of rotatable bonds is 3. The molecule has 1 unspecified atom stereocenters. The Hall–Kier alpha value is -2.67. The third-order valence-electron chi connectivity index (χ3n) is 4.03. The van der Waals surface area contributed by atoms with Crippen molar-refractivity contribution in [3.05, 3.63) is 18.1 Å². The summed E-state index contributed by atoms with van der Waals surface area (Å²) in [5, 5.41) is 43.1. The fraction of sp³-hybridized carbons (Fsp3) is 0.417. The second-order valence-electron chi connectivity index (χ2n) is 5.38. The SMILES string of the molecule is Nc1ncnc2c(C3O[C@H](CO)[C@@H](O)[C@H]3O)cn(-c3nn[nH]n3)c12. The van der Waals surface area contributed by atoms with E-state index >= 15 is 0 Å². The molecule has 0 aliphatic carbocycles. The monoisotopic (exact) mass is 334 g/mol. The summed E-state index contributed by atoms with van der Waals surface area (Å²) in [6, 6.07) is 0. The molecule has 1 saturated heterocycles. The predicted octanol–water partition coefficient (Wildman–Crippen LogP) is -2.33. The van der Waals surface area contributed by atoms with Crippen LogP contribution in [0.2, 0.25) is 0 Å². The van der Waals surface area contributed by atoms with Gasteiger partial charge in [0.05, 0.1) is 6.61 Å². The van der Waals surface area contributed by atoms with Gasteiger partial charge in [-0.3, -0.25) is 4.57 Å².